The van der Waals surface area contributed by atoms with Crippen LogP contribution < -0.4 is 5.32 Å². The number of aromatic hydroxyl groups is 1. The summed E-state index contributed by atoms with van der Waals surface area (Å²) in [7, 11) is 0. The van der Waals surface area contributed by atoms with E-state index < -0.39 is 0 Å². The van der Waals surface area contributed by atoms with E-state index in [-0.39, 0.29) is 5.75 Å². The lowest BCUT2D eigenvalue weighted by Gasteiger charge is -2.07. The molecule has 0 bridgehead atoms. The van der Waals surface area contributed by atoms with Crippen LogP contribution in [0.4, 0.5) is 5.69 Å². The van der Waals surface area contributed by atoms with E-state index in [0.717, 1.165) is 15.7 Å². The lowest BCUT2D eigenvalue weighted by molar-refractivity contribution is 0.475. The average molecular weight is 313 g/mol. The van der Waals surface area contributed by atoms with Gasteiger partial charge in [0.15, 0.2) is 0 Å². The van der Waals surface area contributed by atoms with Gasteiger partial charge in [-0.2, -0.15) is 0 Å². The SMILES string of the molecule is Oc1ccc(CNc2ccc(Cl)c(Br)c2)cc1. The number of hydrogen-bond donors (Lipinski definition) is 2. The Kier molecular flexibility index (Phi) is 3.92. The van der Waals surface area contributed by atoms with E-state index >= 15 is 0 Å². The van der Waals surface area contributed by atoms with Crippen LogP contribution in [0.5, 0.6) is 5.75 Å². The van der Waals surface area contributed by atoms with Crippen LogP contribution in [0, 0.1) is 0 Å². The molecular weight excluding hydrogens is 302 g/mol. The molecule has 0 radical (unpaired) electrons. The Balaban J connectivity index is 2.02. The van der Waals surface area contributed by atoms with Crippen LogP contribution in [-0.4, -0.2) is 5.11 Å². The van der Waals surface area contributed by atoms with E-state index in [0.29, 0.717) is 11.6 Å². The van der Waals surface area contributed by atoms with Gasteiger partial charge in [0.05, 0.1) is 5.02 Å². The fraction of sp³-hybridized carbons (Fsp3) is 0.0769. The van der Waals surface area contributed by atoms with Crippen LogP contribution in [0.3, 0.4) is 0 Å². The molecule has 0 heterocycles. The predicted octanol–water partition coefficient (Wildman–Crippen LogP) is 4.42. The summed E-state index contributed by atoms with van der Waals surface area (Å²) in [5.41, 5.74) is 2.10. The first-order chi connectivity index (χ1) is 8.15. The molecule has 4 heteroatoms. The Hall–Kier alpha value is -1.19. The number of rotatable bonds is 3. The van der Waals surface area contributed by atoms with Crippen molar-refractivity contribution in [1.82, 2.24) is 0 Å². The van der Waals surface area contributed by atoms with Crippen molar-refractivity contribution in [3.05, 3.63) is 57.5 Å². The minimum atomic E-state index is 0.281. The smallest absolute Gasteiger partial charge is 0.115 e. The average Bonchev–Trinajstić information content (AvgIpc) is 2.33. The molecule has 0 saturated heterocycles. The van der Waals surface area contributed by atoms with Crippen molar-refractivity contribution in [3.8, 4) is 5.75 Å². The molecule has 2 nitrogen and oxygen atoms in total. The molecular formula is C13H11BrClNO. The molecule has 2 aromatic carbocycles. The van der Waals surface area contributed by atoms with Crippen molar-refractivity contribution in [2.45, 2.75) is 6.54 Å². The first-order valence-electron chi connectivity index (χ1n) is 5.12. The van der Waals surface area contributed by atoms with Gasteiger partial charge in [-0.05, 0) is 51.8 Å². The number of benzene rings is 2. The summed E-state index contributed by atoms with van der Waals surface area (Å²) in [6.45, 7) is 0.703. The standard InChI is InChI=1S/C13H11BrClNO/c14-12-7-10(3-6-13(12)15)16-8-9-1-4-11(17)5-2-9/h1-7,16-17H,8H2. The summed E-state index contributed by atoms with van der Waals surface area (Å²) < 4.78 is 0.870. The van der Waals surface area contributed by atoms with E-state index in [4.69, 9.17) is 16.7 Å². The monoisotopic (exact) mass is 311 g/mol. The van der Waals surface area contributed by atoms with Crippen LogP contribution in [0.15, 0.2) is 46.9 Å². The lowest BCUT2D eigenvalue weighted by atomic mass is 10.2. The van der Waals surface area contributed by atoms with E-state index in [1.54, 1.807) is 12.1 Å². The van der Waals surface area contributed by atoms with Crippen molar-refractivity contribution in [3.63, 3.8) is 0 Å². The van der Waals surface area contributed by atoms with E-state index in [9.17, 15) is 0 Å². The Morgan fingerprint density at radius 2 is 1.82 bits per heavy atom. The molecule has 0 atom stereocenters. The topological polar surface area (TPSA) is 32.3 Å². The largest absolute Gasteiger partial charge is 0.508 e. The number of hydrogen-bond acceptors (Lipinski definition) is 2. The van der Waals surface area contributed by atoms with Crippen molar-refractivity contribution in [1.29, 1.82) is 0 Å². The summed E-state index contributed by atoms with van der Waals surface area (Å²) in [5.74, 6) is 0.281. The third-order valence-electron chi connectivity index (χ3n) is 2.35. The number of nitrogens with one attached hydrogen (secondary N) is 1. The molecule has 17 heavy (non-hydrogen) atoms. The van der Waals surface area contributed by atoms with Gasteiger partial charge in [-0.15, -0.1) is 0 Å². The first-order valence-corrected chi connectivity index (χ1v) is 6.29. The fourth-order valence-electron chi connectivity index (χ4n) is 1.42. The Bertz CT molecular complexity index is 513. The maximum atomic E-state index is 9.17. The minimum absolute atomic E-state index is 0.281. The highest BCUT2D eigenvalue weighted by Gasteiger charge is 1.99. The van der Waals surface area contributed by atoms with Crippen molar-refractivity contribution in [2.75, 3.05) is 5.32 Å². The minimum Gasteiger partial charge on any atom is -0.508 e. The number of phenols is 1. The van der Waals surface area contributed by atoms with Crippen LogP contribution >= 0.6 is 27.5 Å². The maximum absolute atomic E-state index is 9.17. The molecule has 0 aliphatic rings. The van der Waals surface area contributed by atoms with E-state index in [1.165, 1.54) is 0 Å². The van der Waals surface area contributed by atoms with Crippen molar-refractivity contribution < 1.29 is 5.11 Å². The molecule has 0 aromatic heterocycles. The first kappa shape index (κ1) is 12.3. The molecule has 0 aliphatic carbocycles. The molecule has 0 spiro atoms. The summed E-state index contributed by atoms with van der Waals surface area (Å²) in [6, 6.07) is 12.8. The molecule has 0 fully saturated rings. The molecule has 2 rings (SSSR count). The van der Waals surface area contributed by atoms with Crippen LogP contribution in [0.2, 0.25) is 5.02 Å². The van der Waals surface area contributed by atoms with E-state index in [2.05, 4.69) is 21.2 Å². The van der Waals surface area contributed by atoms with Gasteiger partial charge >= 0.3 is 0 Å². The van der Waals surface area contributed by atoms with Crippen LogP contribution in [0.1, 0.15) is 5.56 Å². The second-order valence-corrected chi connectivity index (χ2v) is 4.91. The van der Waals surface area contributed by atoms with Gasteiger partial charge in [-0.3, -0.25) is 0 Å². The zero-order valence-corrected chi connectivity index (χ0v) is 11.3. The van der Waals surface area contributed by atoms with Gasteiger partial charge in [-0.1, -0.05) is 23.7 Å². The summed E-state index contributed by atoms with van der Waals surface area (Å²) >= 11 is 9.29. The van der Waals surface area contributed by atoms with Gasteiger partial charge in [0.2, 0.25) is 0 Å². The summed E-state index contributed by atoms with van der Waals surface area (Å²) in [5, 5.41) is 13.1. The maximum Gasteiger partial charge on any atom is 0.115 e. The third-order valence-corrected chi connectivity index (χ3v) is 3.57. The zero-order chi connectivity index (χ0) is 12.3. The Labute approximate surface area is 113 Å². The zero-order valence-electron chi connectivity index (χ0n) is 8.95. The second-order valence-electron chi connectivity index (χ2n) is 3.65. The highest BCUT2D eigenvalue weighted by atomic mass is 79.9. The second kappa shape index (κ2) is 5.43. The predicted molar refractivity (Wildman–Crippen MR) is 74.6 cm³/mol. The highest BCUT2D eigenvalue weighted by Crippen LogP contribution is 2.25. The molecule has 88 valence electrons. The number of phenolic OH excluding ortho intramolecular Hbond substituents is 1. The number of anilines is 1. The quantitative estimate of drug-likeness (QED) is 0.879. The lowest BCUT2D eigenvalue weighted by Crippen LogP contribution is -1.98. The van der Waals surface area contributed by atoms with Crippen molar-refractivity contribution in [2.24, 2.45) is 0 Å². The summed E-state index contributed by atoms with van der Waals surface area (Å²) in [6.07, 6.45) is 0. The molecule has 0 amide bonds. The highest BCUT2D eigenvalue weighted by molar-refractivity contribution is 9.10. The Morgan fingerprint density at radius 1 is 1.12 bits per heavy atom. The van der Waals surface area contributed by atoms with Crippen LogP contribution in [0.25, 0.3) is 0 Å². The Morgan fingerprint density at radius 3 is 2.47 bits per heavy atom. The molecule has 0 saturated carbocycles. The normalized spacial score (nSPS) is 10.2. The number of halogens is 2. The van der Waals surface area contributed by atoms with Crippen LogP contribution in [-0.2, 0) is 6.54 Å². The summed E-state index contributed by atoms with van der Waals surface area (Å²) in [4.78, 5) is 0. The molecule has 0 aliphatic heterocycles. The van der Waals surface area contributed by atoms with Gasteiger partial charge in [0, 0.05) is 16.7 Å². The van der Waals surface area contributed by atoms with Gasteiger partial charge in [-0.25, -0.2) is 0 Å². The van der Waals surface area contributed by atoms with Gasteiger partial charge < -0.3 is 10.4 Å². The van der Waals surface area contributed by atoms with Gasteiger partial charge in [0.1, 0.15) is 5.75 Å². The van der Waals surface area contributed by atoms with Crippen molar-refractivity contribution >= 4 is 33.2 Å². The van der Waals surface area contributed by atoms with E-state index in [1.807, 2.05) is 30.3 Å². The molecule has 2 aromatic rings. The van der Waals surface area contributed by atoms with Gasteiger partial charge in [0.25, 0.3) is 0 Å². The fourth-order valence-corrected chi connectivity index (χ4v) is 1.92. The third kappa shape index (κ3) is 3.38. The molecule has 2 N–H and O–H groups in total. The molecule has 0 unspecified atom stereocenters.